The molecular formula is C13H10N2O. The zero-order valence-corrected chi connectivity index (χ0v) is 8.58. The van der Waals surface area contributed by atoms with Crippen molar-refractivity contribution in [3.05, 3.63) is 60.7 Å². The van der Waals surface area contributed by atoms with E-state index in [2.05, 4.69) is 10.6 Å². The molecule has 0 unspecified atom stereocenters. The summed E-state index contributed by atoms with van der Waals surface area (Å²) >= 11 is 0. The number of urea groups is 1. The van der Waals surface area contributed by atoms with E-state index in [1.165, 1.54) is 0 Å². The van der Waals surface area contributed by atoms with Gasteiger partial charge in [0, 0.05) is 0 Å². The summed E-state index contributed by atoms with van der Waals surface area (Å²) in [5.74, 6) is 0. The van der Waals surface area contributed by atoms with Crippen LogP contribution in [0.1, 0.15) is 0 Å². The minimum Gasteiger partial charge on any atom is -0.244 e. The van der Waals surface area contributed by atoms with Crippen molar-refractivity contribution in [1.82, 2.24) is 10.6 Å². The van der Waals surface area contributed by atoms with Crippen molar-refractivity contribution < 1.29 is 4.79 Å². The summed E-state index contributed by atoms with van der Waals surface area (Å²) in [7, 11) is 0. The predicted molar refractivity (Wildman–Crippen MR) is 61.9 cm³/mol. The van der Waals surface area contributed by atoms with Crippen LogP contribution in [0.3, 0.4) is 0 Å². The Bertz CT molecular complexity index is 410. The summed E-state index contributed by atoms with van der Waals surface area (Å²) in [5, 5.41) is 7.70. The van der Waals surface area contributed by atoms with Gasteiger partial charge in [-0.05, 0) is 24.3 Å². The molecule has 0 heterocycles. The quantitative estimate of drug-likeness (QED) is 0.751. The molecule has 0 saturated heterocycles. The Hall–Kier alpha value is -2.29. The Morgan fingerprint density at radius 1 is 0.688 bits per heavy atom. The number of carbonyl (C=O) groups excluding carboxylic acids is 1. The molecule has 0 fully saturated rings. The number of benzene rings is 2. The van der Waals surface area contributed by atoms with Gasteiger partial charge in [-0.2, -0.15) is 10.6 Å². The van der Waals surface area contributed by atoms with Crippen LogP contribution in [0.15, 0.2) is 60.7 Å². The van der Waals surface area contributed by atoms with E-state index in [0.29, 0.717) is 11.4 Å². The van der Waals surface area contributed by atoms with Gasteiger partial charge in [0.05, 0.1) is 11.4 Å². The lowest BCUT2D eigenvalue weighted by atomic mass is 10.3. The normalized spacial score (nSPS) is 9.50. The summed E-state index contributed by atoms with van der Waals surface area (Å²) in [5.41, 5.74) is 1.24. The second-order valence-corrected chi connectivity index (χ2v) is 3.18. The number of rotatable bonds is 2. The van der Waals surface area contributed by atoms with E-state index in [4.69, 9.17) is 0 Å². The number of hydrogen-bond donors (Lipinski definition) is 0. The molecule has 78 valence electrons. The Kier molecular flexibility index (Phi) is 3.18. The number of para-hydroxylation sites is 2. The first-order valence-corrected chi connectivity index (χ1v) is 4.92. The van der Waals surface area contributed by atoms with Crippen LogP contribution in [0.25, 0.3) is 0 Å². The Labute approximate surface area is 94.1 Å². The van der Waals surface area contributed by atoms with Gasteiger partial charge in [0.25, 0.3) is 0 Å². The molecule has 0 aliphatic heterocycles. The van der Waals surface area contributed by atoms with Crippen molar-refractivity contribution in [2.24, 2.45) is 0 Å². The highest BCUT2D eigenvalue weighted by Crippen LogP contribution is 2.08. The fraction of sp³-hybridized carbons (Fsp3) is 0. The van der Waals surface area contributed by atoms with Crippen LogP contribution >= 0.6 is 0 Å². The number of nitrogens with zero attached hydrogens (tertiary/aromatic N) is 2. The van der Waals surface area contributed by atoms with Crippen molar-refractivity contribution in [2.75, 3.05) is 0 Å². The zero-order chi connectivity index (χ0) is 11.2. The first kappa shape index (κ1) is 10.2. The van der Waals surface area contributed by atoms with E-state index in [1.54, 1.807) is 24.3 Å². The van der Waals surface area contributed by atoms with Crippen LogP contribution in [0, 0.1) is 0 Å². The van der Waals surface area contributed by atoms with Crippen LogP contribution in [-0.2, 0) is 0 Å². The summed E-state index contributed by atoms with van der Waals surface area (Å²) in [6, 6.07) is 17.6. The first-order valence-electron chi connectivity index (χ1n) is 4.92. The molecule has 0 N–H and O–H groups in total. The van der Waals surface area contributed by atoms with Crippen LogP contribution < -0.4 is 10.6 Å². The lowest BCUT2D eigenvalue weighted by Crippen LogP contribution is -2.17. The van der Waals surface area contributed by atoms with Gasteiger partial charge < -0.3 is 0 Å². The smallest absolute Gasteiger partial charge is 0.244 e. The summed E-state index contributed by atoms with van der Waals surface area (Å²) < 4.78 is 0. The van der Waals surface area contributed by atoms with Gasteiger partial charge in [-0.15, -0.1) is 0 Å². The van der Waals surface area contributed by atoms with E-state index < -0.39 is 6.03 Å². The van der Waals surface area contributed by atoms with Gasteiger partial charge in [0.2, 0.25) is 0 Å². The highest BCUT2D eigenvalue weighted by molar-refractivity contribution is 5.82. The Balaban J connectivity index is 1.95. The van der Waals surface area contributed by atoms with Gasteiger partial charge in [-0.25, -0.2) is 4.79 Å². The molecule has 2 aromatic carbocycles. The van der Waals surface area contributed by atoms with Crippen LogP contribution in [0.5, 0.6) is 0 Å². The molecule has 0 atom stereocenters. The second kappa shape index (κ2) is 4.98. The SMILES string of the molecule is O=C([N]c1ccccc1)[N]c1ccccc1. The minimum atomic E-state index is -0.489. The fourth-order valence-electron chi connectivity index (χ4n) is 1.25. The van der Waals surface area contributed by atoms with Crippen molar-refractivity contribution in [1.29, 1.82) is 0 Å². The van der Waals surface area contributed by atoms with E-state index in [0.717, 1.165) is 0 Å². The topological polar surface area (TPSA) is 45.3 Å². The lowest BCUT2D eigenvalue weighted by Gasteiger charge is -2.01. The Morgan fingerprint density at radius 3 is 1.44 bits per heavy atom. The number of hydrogen-bond acceptors (Lipinski definition) is 1. The van der Waals surface area contributed by atoms with Crippen molar-refractivity contribution >= 4 is 17.4 Å². The largest absolute Gasteiger partial charge is 0.368 e. The summed E-state index contributed by atoms with van der Waals surface area (Å²) in [4.78, 5) is 11.4. The second-order valence-electron chi connectivity index (χ2n) is 3.18. The van der Waals surface area contributed by atoms with E-state index in [1.807, 2.05) is 36.4 Å². The monoisotopic (exact) mass is 210 g/mol. The summed E-state index contributed by atoms with van der Waals surface area (Å²) in [6.07, 6.45) is 0. The lowest BCUT2D eigenvalue weighted by molar-refractivity contribution is 0.247. The molecule has 2 aromatic rings. The van der Waals surface area contributed by atoms with Gasteiger partial charge in [-0.3, -0.25) is 0 Å². The molecule has 2 radical (unpaired) electrons. The van der Waals surface area contributed by atoms with E-state index >= 15 is 0 Å². The third-order valence-corrected chi connectivity index (χ3v) is 1.96. The maximum atomic E-state index is 11.4. The zero-order valence-electron chi connectivity index (χ0n) is 8.58. The molecular weight excluding hydrogens is 200 g/mol. The molecule has 0 aliphatic rings. The van der Waals surface area contributed by atoms with Crippen molar-refractivity contribution in [3.63, 3.8) is 0 Å². The average Bonchev–Trinajstić information content (AvgIpc) is 2.31. The Morgan fingerprint density at radius 2 is 1.06 bits per heavy atom. The van der Waals surface area contributed by atoms with Gasteiger partial charge in [-0.1, -0.05) is 36.4 Å². The maximum absolute atomic E-state index is 11.4. The van der Waals surface area contributed by atoms with Gasteiger partial charge in [0.15, 0.2) is 0 Å². The van der Waals surface area contributed by atoms with Gasteiger partial charge >= 0.3 is 6.03 Å². The number of amides is 2. The highest BCUT2D eigenvalue weighted by Gasteiger charge is 2.05. The molecule has 2 rings (SSSR count). The molecule has 0 saturated carbocycles. The molecule has 3 nitrogen and oxygen atoms in total. The predicted octanol–water partition coefficient (Wildman–Crippen LogP) is 2.98. The minimum absolute atomic E-state index is 0.489. The van der Waals surface area contributed by atoms with E-state index in [9.17, 15) is 4.79 Å². The fourth-order valence-corrected chi connectivity index (χ4v) is 1.25. The molecule has 0 aliphatic carbocycles. The standard InChI is InChI=1S/C13H10N2O/c16-13(14-11-7-3-1-4-8-11)15-12-9-5-2-6-10-12/h1-10H. The average molecular weight is 210 g/mol. The van der Waals surface area contributed by atoms with Crippen molar-refractivity contribution in [3.8, 4) is 0 Å². The van der Waals surface area contributed by atoms with Crippen LogP contribution in [0.2, 0.25) is 0 Å². The summed E-state index contributed by atoms with van der Waals surface area (Å²) in [6.45, 7) is 0. The third kappa shape index (κ3) is 2.85. The first-order chi connectivity index (χ1) is 7.84. The molecule has 16 heavy (non-hydrogen) atoms. The van der Waals surface area contributed by atoms with Gasteiger partial charge in [0.1, 0.15) is 0 Å². The molecule has 2 amide bonds. The van der Waals surface area contributed by atoms with Crippen LogP contribution in [0.4, 0.5) is 16.2 Å². The molecule has 3 heteroatoms. The molecule has 0 spiro atoms. The van der Waals surface area contributed by atoms with E-state index in [-0.39, 0.29) is 0 Å². The maximum Gasteiger partial charge on any atom is 0.368 e. The third-order valence-electron chi connectivity index (χ3n) is 1.96. The van der Waals surface area contributed by atoms with Crippen LogP contribution in [-0.4, -0.2) is 6.03 Å². The number of carbonyl (C=O) groups is 1. The highest BCUT2D eigenvalue weighted by atomic mass is 16.2. The van der Waals surface area contributed by atoms with Crippen molar-refractivity contribution in [2.45, 2.75) is 0 Å². The molecule has 0 aromatic heterocycles. The molecule has 0 bridgehead atoms.